The first-order valence-corrected chi connectivity index (χ1v) is 13.0. The standard InChI is InChI=1S/C22H19ClN4O5S2/c1-13-4-3-5-15(10-13)31-8-9-32-18-7-6-14(12-17(18)23)11-16-19(24)27-21(25-20(16)28)33-22(26-27)34(2,29)30/h3-7,10-12,24H,8-9H2,1-2H3/b16-11-,24-19?. The molecule has 0 saturated heterocycles. The molecule has 0 radical (unpaired) electrons. The number of carbonyl (C=O) groups is 1. The summed E-state index contributed by atoms with van der Waals surface area (Å²) in [4.78, 5) is 16.3. The van der Waals surface area contributed by atoms with Gasteiger partial charge in [-0.2, -0.15) is 10.0 Å². The monoisotopic (exact) mass is 518 g/mol. The molecule has 2 aromatic rings. The third-order valence-corrected chi connectivity index (χ3v) is 7.49. The molecule has 12 heteroatoms. The van der Waals surface area contributed by atoms with Gasteiger partial charge >= 0.3 is 0 Å². The number of hydrazone groups is 1. The first-order valence-electron chi connectivity index (χ1n) is 9.94. The van der Waals surface area contributed by atoms with Crippen LogP contribution in [0, 0.1) is 12.3 Å². The number of rotatable bonds is 6. The van der Waals surface area contributed by atoms with Crippen LogP contribution >= 0.6 is 23.4 Å². The van der Waals surface area contributed by atoms with Crippen molar-refractivity contribution in [2.45, 2.75) is 6.92 Å². The Morgan fingerprint density at radius 1 is 1.18 bits per heavy atom. The fraction of sp³-hybridized carbons (Fsp3) is 0.182. The molecule has 2 heterocycles. The number of aryl methyl sites for hydroxylation is 1. The maximum absolute atomic E-state index is 12.5. The van der Waals surface area contributed by atoms with E-state index in [1.54, 1.807) is 18.2 Å². The lowest BCUT2D eigenvalue weighted by atomic mass is 10.1. The van der Waals surface area contributed by atoms with Crippen LogP contribution in [0.5, 0.6) is 11.5 Å². The van der Waals surface area contributed by atoms with Crippen LogP contribution in [-0.4, -0.2) is 54.2 Å². The van der Waals surface area contributed by atoms with Crippen molar-refractivity contribution in [3.05, 3.63) is 64.2 Å². The molecule has 9 nitrogen and oxygen atoms in total. The fourth-order valence-corrected chi connectivity index (χ4v) is 4.96. The third-order valence-electron chi connectivity index (χ3n) is 4.62. The Hall–Kier alpha value is -3.15. The van der Waals surface area contributed by atoms with Crippen molar-refractivity contribution >= 4 is 60.6 Å². The number of benzene rings is 2. The summed E-state index contributed by atoms with van der Waals surface area (Å²) in [6, 6.07) is 12.6. The van der Waals surface area contributed by atoms with Crippen LogP contribution in [0.4, 0.5) is 0 Å². The minimum Gasteiger partial charge on any atom is -0.490 e. The predicted molar refractivity (Wildman–Crippen MR) is 133 cm³/mol. The van der Waals surface area contributed by atoms with Gasteiger partial charge in [0.2, 0.25) is 19.4 Å². The van der Waals surface area contributed by atoms with Gasteiger partial charge < -0.3 is 9.47 Å². The molecule has 2 aliphatic rings. The molecule has 0 aromatic heterocycles. The molecule has 176 valence electrons. The van der Waals surface area contributed by atoms with Gasteiger partial charge in [-0.15, -0.1) is 5.10 Å². The highest BCUT2D eigenvalue weighted by atomic mass is 35.5. The second kappa shape index (κ2) is 9.61. The lowest BCUT2D eigenvalue weighted by Crippen LogP contribution is -2.35. The number of halogens is 1. The van der Waals surface area contributed by atoms with E-state index < -0.39 is 15.7 Å². The minimum atomic E-state index is -3.59. The van der Waals surface area contributed by atoms with E-state index in [2.05, 4.69) is 10.1 Å². The average Bonchev–Trinajstić information content (AvgIpc) is 3.20. The van der Waals surface area contributed by atoms with Gasteiger partial charge in [-0.25, -0.2) is 8.42 Å². The summed E-state index contributed by atoms with van der Waals surface area (Å²) in [6.45, 7) is 2.60. The van der Waals surface area contributed by atoms with Crippen LogP contribution in [0.15, 0.2) is 58.1 Å². The van der Waals surface area contributed by atoms with E-state index in [0.29, 0.717) is 22.9 Å². The normalized spacial score (nSPS) is 16.9. The Labute approximate surface area is 205 Å². The Balaban J connectivity index is 1.43. The number of fused-ring (bicyclic) bond motifs is 1. The molecule has 2 aromatic carbocycles. The van der Waals surface area contributed by atoms with Crippen LogP contribution in [0.3, 0.4) is 0 Å². The molecule has 0 atom stereocenters. The number of amidine groups is 2. The van der Waals surface area contributed by atoms with Crippen molar-refractivity contribution in [1.82, 2.24) is 5.01 Å². The summed E-state index contributed by atoms with van der Waals surface area (Å²) in [5, 5.41) is 13.6. The minimum absolute atomic E-state index is 0.0298. The van der Waals surface area contributed by atoms with Gasteiger partial charge in [-0.3, -0.25) is 10.2 Å². The molecular formula is C22H19ClN4O5S2. The van der Waals surface area contributed by atoms with E-state index in [1.165, 1.54) is 6.08 Å². The molecule has 34 heavy (non-hydrogen) atoms. The van der Waals surface area contributed by atoms with Crippen molar-refractivity contribution in [3.63, 3.8) is 0 Å². The molecule has 0 fully saturated rings. The lowest BCUT2D eigenvalue weighted by molar-refractivity contribution is -0.114. The third kappa shape index (κ3) is 5.32. The van der Waals surface area contributed by atoms with Gasteiger partial charge in [0.25, 0.3) is 5.91 Å². The summed E-state index contributed by atoms with van der Waals surface area (Å²) in [5.41, 5.74) is 1.60. The molecule has 0 unspecified atom stereocenters. The number of thioether (sulfide) groups is 1. The fourth-order valence-electron chi connectivity index (χ4n) is 3.03. The number of amides is 1. The lowest BCUT2D eigenvalue weighted by Gasteiger charge is -2.20. The van der Waals surface area contributed by atoms with Crippen LogP contribution in [0.25, 0.3) is 6.08 Å². The van der Waals surface area contributed by atoms with Crippen LogP contribution in [-0.2, 0) is 14.6 Å². The van der Waals surface area contributed by atoms with E-state index in [-0.39, 0.29) is 27.6 Å². The molecule has 4 rings (SSSR count). The highest BCUT2D eigenvalue weighted by Crippen LogP contribution is 2.31. The molecule has 0 aliphatic carbocycles. The van der Waals surface area contributed by atoms with Gasteiger partial charge in [-0.1, -0.05) is 29.8 Å². The van der Waals surface area contributed by atoms with Crippen molar-refractivity contribution in [2.75, 3.05) is 19.5 Å². The molecule has 0 spiro atoms. The van der Waals surface area contributed by atoms with Crippen LogP contribution in [0.2, 0.25) is 5.02 Å². The second-order valence-electron chi connectivity index (χ2n) is 7.36. The smallest absolute Gasteiger partial charge is 0.283 e. The van der Waals surface area contributed by atoms with Crippen molar-refractivity contribution in [2.24, 2.45) is 10.1 Å². The zero-order valence-electron chi connectivity index (χ0n) is 18.1. The second-order valence-corrected chi connectivity index (χ2v) is 10.9. The number of sulfone groups is 1. The zero-order chi connectivity index (χ0) is 24.5. The van der Waals surface area contributed by atoms with Crippen LogP contribution < -0.4 is 9.47 Å². The quantitative estimate of drug-likeness (QED) is 0.456. The predicted octanol–water partition coefficient (Wildman–Crippen LogP) is 3.73. The highest BCUT2D eigenvalue weighted by molar-refractivity contribution is 8.42. The number of nitrogens with zero attached hydrogens (tertiary/aromatic N) is 3. The Morgan fingerprint density at radius 2 is 1.94 bits per heavy atom. The molecule has 2 aliphatic heterocycles. The summed E-state index contributed by atoms with van der Waals surface area (Å²) >= 11 is 7.06. The topological polar surface area (TPSA) is 121 Å². The van der Waals surface area contributed by atoms with Gasteiger partial charge in [0.1, 0.15) is 24.7 Å². The number of aliphatic imine (C=N–C) groups is 1. The van der Waals surface area contributed by atoms with Gasteiger partial charge in [0.15, 0.2) is 5.84 Å². The number of ether oxygens (including phenoxy) is 2. The first-order chi connectivity index (χ1) is 16.1. The maximum Gasteiger partial charge on any atom is 0.283 e. The van der Waals surface area contributed by atoms with E-state index in [9.17, 15) is 13.2 Å². The maximum atomic E-state index is 12.5. The molecule has 1 N–H and O–H groups in total. The highest BCUT2D eigenvalue weighted by Gasteiger charge is 2.38. The first kappa shape index (κ1) is 24.0. The van der Waals surface area contributed by atoms with Crippen molar-refractivity contribution in [3.8, 4) is 11.5 Å². The SMILES string of the molecule is Cc1cccc(OCCOc2ccc(/C=C3/C(=N)N4N=C(S(C)(=O)=O)SC4=NC3=O)cc2Cl)c1. The van der Waals surface area contributed by atoms with Crippen molar-refractivity contribution < 1.29 is 22.7 Å². The summed E-state index contributed by atoms with van der Waals surface area (Å²) in [5.74, 6) is 0.260. The Morgan fingerprint density at radius 3 is 2.65 bits per heavy atom. The van der Waals surface area contributed by atoms with E-state index in [1.807, 2.05) is 31.2 Å². The van der Waals surface area contributed by atoms with Crippen molar-refractivity contribution in [1.29, 1.82) is 5.41 Å². The Bertz CT molecular complexity index is 1390. The number of nitrogens with one attached hydrogen (secondary N) is 1. The van der Waals surface area contributed by atoms with Crippen LogP contribution in [0.1, 0.15) is 11.1 Å². The number of hydrogen-bond donors (Lipinski definition) is 1. The van der Waals surface area contributed by atoms with E-state index >= 15 is 0 Å². The molecule has 0 bridgehead atoms. The summed E-state index contributed by atoms with van der Waals surface area (Å²) < 4.78 is 34.6. The zero-order valence-corrected chi connectivity index (χ0v) is 20.5. The number of carbonyl (C=O) groups excluding carboxylic acids is 1. The van der Waals surface area contributed by atoms with E-state index in [4.69, 9.17) is 26.5 Å². The van der Waals surface area contributed by atoms with Gasteiger partial charge in [-0.05, 0) is 60.2 Å². The Kier molecular flexibility index (Phi) is 6.78. The molecule has 1 amide bonds. The summed E-state index contributed by atoms with van der Waals surface area (Å²) in [7, 11) is -3.59. The molecule has 0 saturated carbocycles. The number of hydrogen-bond acceptors (Lipinski definition) is 8. The molecular weight excluding hydrogens is 500 g/mol. The van der Waals surface area contributed by atoms with Gasteiger partial charge in [0, 0.05) is 6.26 Å². The van der Waals surface area contributed by atoms with E-state index in [0.717, 1.165) is 34.3 Å². The van der Waals surface area contributed by atoms with Gasteiger partial charge in [0.05, 0.1) is 10.6 Å². The largest absolute Gasteiger partial charge is 0.490 e. The summed E-state index contributed by atoms with van der Waals surface area (Å²) in [6.07, 6.45) is 2.44. The average molecular weight is 519 g/mol.